The molecule has 0 aliphatic carbocycles. The van der Waals surface area contributed by atoms with Crippen LogP contribution >= 0.6 is 0 Å². The van der Waals surface area contributed by atoms with Crippen molar-refractivity contribution in [3.63, 3.8) is 0 Å². The maximum atomic E-state index is 13.2. The molecule has 1 heterocycles. The van der Waals surface area contributed by atoms with Crippen LogP contribution in [0.3, 0.4) is 0 Å². The van der Waals surface area contributed by atoms with Gasteiger partial charge in [0.25, 0.3) is 0 Å². The van der Waals surface area contributed by atoms with Gasteiger partial charge in [-0.3, -0.25) is 0 Å². The second-order valence-corrected chi connectivity index (χ2v) is 9.84. The monoisotopic (exact) mass is 596 g/mol. The molecule has 0 bridgehead atoms. The van der Waals surface area contributed by atoms with Gasteiger partial charge < -0.3 is 28.8 Å². The first-order valence-corrected chi connectivity index (χ1v) is 13.7. The van der Waals surface area contributed by atoms with Crippen molar-refractivity contribution in [2.45, 2.75) is 24.1 Å². The summed E-state index contributed by atoms with van der Waals surface area (Å²) in [6, 6.07) is 32.1. The lowest BCUT2D eigenvalue weighted by Crippen LogP contribution is -2.51. The minimum absolute atomic E-state index is 0.142. The first-order valence-electron chi connectivity index (χ1n) is 13.7. The third-order valence-electron chi connectivity index (χ3n) is 6.77. The Morgan fingerprint density at radius 1 is 0.568 bits per heavy atom. The SMILES string of the molecule is O=C(OCC1OC(O)(COC(=O)c2ccccc2)C(OC(=O)c2ccccc2)C1OC(=O)c1ccccc1)c1ccccc1. The van der Waals surface area contributed by atoms with Crippen LogP contribution in [0.4, 0.5) is 0 Å². The number of benzene rings is 4. The zero-order valence-electron chi connectivity index (χ0n) is 23.3. The summed E-state index contributed by atoms with van der Waals surface area (Å²) in [5.41, 5.74) is 0.768. The molecule has 10 nitrogen and oxygen atoms in total. The predicted molar refractivity (Wildman–Crippen MR) is 155 cm³/mol. The highest BCUT2D eigenvalue weighted by molar-refractivity contribution is 5.91. The van der Waals surface area contributed by atoms with E-state index >= 15 is 0 Å². The van der Waals surface area contributed by atoms with Gasteiger partial charge in [0.05, 0.1) is 22.3 Å². The number of hydrogen-bond acceptors (Lipinski definition) is 10. The van der Waals surface area contributed by atoms with Gasteiger partial charge in [-0.1, -0.05) is 72.8 Å². The largest absolute Gasteiger partial charge is 0.459 e. The molecule has 0 radical (unpaired) electrons. The van der Waals surface area contributed by atoms with Crippen molar-refractivity contribution in [3.05, 3.63) is 144 Å². The molecule has 1 aliphatic rings. The molecule has 1 fully saturated rings. The molecule has 4 aromatic carbocycles. The molecular weight excluding hydrogens is 568 g/mol. The Bertz CT molecular complexity index is 1580. The van der Waals surface area contributed by atoms with Crippen molar-refractivity contribution < 1.29 is 48.0 Å². The molecule has 44 heavy (non-hydrogen) atoms. The van der Waals surface area contributed by atoms with Gasteiger partial charge in [0, 0.05) is 0 Å². The van der Waals surface area contributed by atoms with Crippen LogP contribution in [0.25, 0.3) is 0 Å². The van der Waals surface area contributed by atoms with Crippen LogP contribution in [-0.2, 0) is 23.7 Å². The second kappa shape index (κ2) is 13.8. The van der Waals surface area contributed by atoms with Crippen LogP contribution in [0.1, 0.15) is 41.4 Å². The summed E-state index contributed by atoms with van der Waals surface area (Å²) in [4.78, 5) is 51.8. The summed E-state index contributed by atoms with van der Waals surface area (Å²) in [7, 11) is 0. The van der Waals surface area contributed by atoms with Gasteiger partial charge in [0.15, 0.2) is 12.2 Å². The van der Waals surface area contributed by atoms with Gasteiger partial charge >= 0.3 is 23.9 Å². The highest BCUT2D eigenvalue weighted by atomic mass is 16.7. The van der Waals surface area contributed by atoms with E-state index in [1.807, 2.05) is 0 Å². The Labute approximate surface area is 252 Å². The van der Waals surface area contributed by atoms with Crippen molar-refractivity contribution in [1.29, 1.82) is 0 Å². The van der Waals surface area contributed by atoms with Crippen LogP contribution in [-0.4, -0.2) is 66.3 Å². The summed E-state index contributed by atoms with van der Waals surface area (Å²) >= 11 is 0. The summed E-state index contributed by atoms with van der Waals surface area (Å²) in [5, 5.41) is 11.7. The van der Waals surface area contributed by atoms with E-state index in [9.17, 15) is 24.3 Å². The molecule has 1 aliphatic heterocycles. The van der Waals surface area contributed by atoms with Crippen LogP contribution in [0, 0.1) is 0 Å². The zero-order chi connectivity index (χ0) is 30.9. The molecule has 0 amide bonds. The number of ether oxygens (including phenoxy) is 5. The predicted octanol–water partition coefficient (Wildman–Crippen LogP) is 4.24. The molecule has 5 rings (SSSR count). The number of aliphatic hydroxyl groups is 1. The van der Waals surface area contributed by atoms with E-state index < -0.39 is 61.2 Å². The lowest BCUT2D eigenvalue weighted by atomic mass is 10.0. The first-order chi connectivity index (χ1) is 21.3. The van der Waals surface area contributed by atoms with Crippen LogP contribution in [0.5, 0.6) is 0 Å². The molecule has 4 aromatic rings. The number of rotatable bonds is 10. The third-order valence-corrected chi connectivity index (χ3v) is 6.77. The maximum Gasteiger partial charge on any atom is 0.338 e. The molecule has 0 spiro atoms. The first kappa shape index (κ1) is 30.1. The van der Waals surface area contributed by atoms with Gasteiger partial charge in [-0.05, 0) is 48.5 Å². The fourth-order valence-electron chi connectivity index (χ4n) is 4.56. The van der Waals surface area contributed by atoms with E-state index in [0.717, 1.165) is 0 Å². The Kier molecular flexibility index (Phi) is 9.43. The Balaban J connectivity index is 1.44. The molecule has 0 aromatic heterocycles. The Morgan fingerprint density at radius 2 is 0.955 bits per heavy atom. The number of carbonyl (C=O) groups is 4. The highest BCUT2D eigenvalue weighted by Crippen LogP contribution is 2.36. The van der Waals surface area contributed by atoms with Gasteiger partial charge in [-0.15, -0.1) is 0 Å². The molecule has 0 saturated carbocycles. The van der Waals surface area contributed by atoms with Gasteiger partial charge in [-0.25, -0.2) is 19.2 Å². The van der Waals surface area contributed by atoms with Crippen LogP contribution < -0.4 is 0 Å². The van der Waals surface area contributed by atoms with Crippen LogP contribution in [0.15, 0.2) is 121 Å². The molecular formula is C34H28O10. The lowest BCUT2D eigenvalue weighted by Gasteiger charge is -2.29. The van der Waals surface area contributed by atoms with Crippen molar-refractivity contribution in [2.24, 2.45) is 0 Å². The summed E-state index contributed by atoms with van der Waals surface area (Å²) in [6.45, 7) is -1.31. The fraction of sp³-hybridized carbons (Fsp3) is 0.176. The fourth-order valence-corrected chi connectivity index (χ4v) is 4.56. The maximum absolute atomic E-state index is 13.2. The lowest BCUT2D eigenvalue weighted by molar-refractivity contribution is -0.247. The Hall–Kier alpha value is -5.32. The molecule has 1 N–H and O–H groups in total. The number of hydrogen-bond donors (Lipinski definition) is 1. The molecule has 224 valence electrons. The molecule has 4 atom stereocenters. The van der Waals surface area contributed by atoms with E-state index in [0.29, 0.717) is 0 Å². The average Bonchev–Trinajstić information content (AvgIpc) is 3.33. The smallest absolute Gasteiger partial charge is 0.338 e. The van der Waals surface area contributed by atoms with E-state index in [4.69, 9.17) is 23.7 Å². The zero-order valence-corrected chi connectivity index (χ0v) is 23.3. The van der Waals surface area contributed by atoms with E-state index in [-0.39, 0.29) is 22.3 Å². The van der Waals surface area contributed by atoms with E-state index in [2.05, 4.69) is 0 Å². The summed E-state index contributed by atoms with van der Waals surface area (Å²) in [5.74, 6) is -5.67. The number of esters is 4. The molecule has 4 unspecified atom stereocenters. The van der Waals surface area contributed by atoms with Gasteiger partial charge in [0.1, 0.15) is 19.3 Å². The van der Waals surface area contributed by atoms with Crippen molar-refractivity contribution in [3.8, 4) is 0 Å². The Morgan fingerprint density at radius 3 is 1.41 bits per heavy atom. The molecule has 10 heteroatoms. The minimum atomic E-state index is -2.50. The number of carbonyl (C=O) groups excluding carboxylic acids is 4. The van der Waals surface area contributed by atoms with Gasteiger partial charge in [0.2, 0.25) is 5.79 Å². The summed E-state index contributed by atoms with van der Waals surface area (Å²) in [6.07, 6.45) is -4.52. The second-order valence-electron chi connectivity index (χ2n) is 9.84. The normalized spacial score (nSPS) is 20.7. The summed E-state index contributed by atoms with van der Waals surface area (Å²) < 4.78 is 28.1. The average molecular weight is 597 g/mol. The van der Waals surface area contributed by atoms with Crippen molar-refractivity contribution in [1.82, 2.24) is 0 Å². The third kappa shape index (κ3) is 7.17. The quantitative estimate of drug-likeness (QED) is 0.209. The highest BCUT2D eigenvalue weighted by Gasteiger charge is 2.60. The topological polar surface area (TPSA) is 135 Å². The van der Waals surface area contributed by atoms with Crippen molar-refractivity contribution >= 4 is 23.9 Å². The van der Waals surface area contributed by atoms with Crippen LogP contribution in [0.2, 0.25) is 0 Å². The van der Waals surface area contributed by atoms with E-state index in [1.165, 1.54) is 36.4 Å². The molecule has 1 saturated heterocycles. The standard InChI is InChI=1S/C34H28O10/c35-30(23-13-5-1-6-14-23)40-21-27-28(42-32(37)25-17-9-3-10-18-25)29(43-33(38)26-19-11-4-12-20-26)34(39,44-27)22-41-31(36)24-15-7-2-8-16-24/h1-20,27-29,39H,21-22H2. The minimum Gasteiger partial charge on any atom is -0.459 e. The van der Waals surface area contributed by atoms with Crippen molar-refractivity contribution in [2.75, 3.05) is 13.2 Å². The van der Waals surface area contributed by atoms with E-state index in [1.54, 1.807) is 84.9 Å². The van der Waals surface area contributed by atoms with Gasteiger partial charge in [-0.2, -0.15) is 0 Å².